The smallest absolute Gasteiger partial charge is 0.326 e. The van der Waals surface area contributed by atoms with E-state index < -0.39 is 12.0 Å². The quantitative estimate of drug-likeness (QED) is 0.802. The molecular formula is C13H20N2O3S. The molecule has 106 valence electrons. The third kappa shape index (κ3) is 5.83. The third-order valence-corrected chi connectivity index (χ3v) is 3.60. The molecule has 2 N–H and O–H groups in total. The molecule has 1 amide bonds. The average Bonchev–Trinajstić information content (AvgIpc) is 2.71. The first-order valence-corrected chi connectivity index (χ1v) is 7.19. The number of nitrogens with one attached hydrogen (secondary N) is 1. The molecule has 0 aliphatic carbocycles. The fourth-order valence-electron chi connectivity index (χ4n) is 1.70. The van der Waals surface area contributed by atoms with Gasteiger partial charge in [-0.05, 0) is 19.3 Å². The van der Waals surface area contributed by atoms with Crippen LogP contribution in [0.2, 0.25) is 0 Å². The lowest BCUT2D eigenvalue weighted by molar-refractivity contribution is -0.142. The second-order valence-corrected chi connectivity index (χ2v) is 5.91. The second-order valence-electron chi connectivity index (χ2n) is 4.97. The van der Waals surface area contributed by atoms with Crippen LogP contribution in [0.3, 0.4) is 0 Å². The number of nitrogens with zero attached hydrogens (tertiary/aromatic N) is 1. The Morgan fingerprint density at radius 1 is 1.47 bits per heavy atom. The fraction of sp³-hybridized carbons (Fsp3) is 0.615. The molecule has 19 heavy (non-hydrogen) atoms. The molecule has 1 aromatic heterocycles. The second kappa shape index (κ2) is 7.23. The predicted octanol–water partition coefficient (Wildman–Crippen LogP) is 2.00. The lowest BCUT2D eigenvalue weighted by Crippen LogP contribution is -2.41. The van der Waals surface area contributed by atoms with Crippen LogP contribution in [0.4, 0.5) is 0 Å². The van der Waals surface area contributed by atoms with Crippen molar-refractivity contribution in [2.45, 2.75) is 46.1 Å². The lowest BCUT2D eigenvalue weighted by atomic mass is 10.0. The van der Waals surface area contributed by atoms with Crippen LogP contribution in [-0.4, -0.2) is 28.0 Å². The Labute approximate surface area is 117 Å². The Bertz CT molecular complexity index is 443. The minimum absolute atomic E-state index is 0.225. The maximum Gasteiger partial charge on any atom is 0.326 e. The average molecular weight is 284 g/mol. The zero-order valence-corrected chi connectivity index (χ0v) is 12.3. The summed E-state index contributed by atoms with van der Waals surface area (Å²) in [5, 5.41) is 14.4. The topological polar surface area (TPSA) is 79.3 Å². The number of aromatic nitrogens is 1. The number of carboxylic acids is 1. The number of carbonyl (C=O) groups is 2. The highest BCUT2D eigenvalue weighted by Crippen LogP contribution is 2.11. The Morgan fingerprint density at radius 3 is 2.63 bits per heavy atom. The van der Waals surface area contributed by atoms with Gasteiger partial charge < -0.3 is 10.4 Å². The van der Waals surface area contributed by atoms with Crippen molar-refractivity contribution in [2.75, 3.05) is 0 Å². The summed E-state index contributed by atoms with van der Waals surface area (Å²) in [6, 6.07) is -0.800. The molecule has 0 aliphatic heterocycles. The summed E-state index contributed by atoms with van der Waals surface area (Å²) in [6.07, 6.45) is 1.27. The van der Waals surface area contributed by atoms with Gasteiger partial charge in [-0.25, -0.2) is 9.78 Å². The minimum Gasteiger partial charge on any atom is -0.480 e. The van der Waals surface area contributed by atoms with E-state index in [0.717, 1.165) is 10.7 Å². The van der Waals surface area contributed by atoms with E-state index in [2.05, 4.69) is 10.3 Å². The normalized spacial score (nSPS) is 12.4. The molecule has 0 saturated heterocycles. The molecule has 0 bridgehead atoms. The zero-order chi connectivity index (χ0) is 14.4. The Morgan fingerprint density at radius 2 is 2.16 bits per heavy atom. The molecule has 1 rings (SSSR count). The summed E-state index contributed by atoms with van der Waals surface area (Å²) in [5.74, 6) is -0.990. The molecule has 0 spiro atoms. The number of rotatable bonds is 7. The molecule has 0 unspecified atom stereocenters. The Hall–Kier alpha value is -1.43. The largest absolute Gasteiger partial charge is 0.480 e. The monoisotopic (exact) mass is 284 g/mol. The predicted molar refractivity (Wildman–Crippen MR) is 74.2 cm³/mol. The number of amides is 1. The fourth-order valence-corrected chi connectivity index (χ4v) is 2.47. The maximum atomic E-state index is 11.7. The summed E-state index contributed by atoms with van der Waals surface area (Å²) in [6.45, 7) is 5.77. The highest BCUT2D eigenvalue weighted by Gasteiger charge is 2.20. The van der Waals surface area contributed by atoms with E-state index in [1.807, 2.05) is 26.2 Å². The van der Waals surface area contributed by atoms with Gasteiger partial charge in [0.1, 0.15) is 6.04 Å². The van der Waals surface area contributed by atoms with Gasteiger partial charge in [0.2, 0.25) is 5.91 Å². The minimum atomic E-state index is -0.979. The summed E-state index contributed by atoms with van der Waals surface area (Å²) in [5.41, 5.74) is 0.948. The summed E-state index contributed by atoms with van der Waals surface area (Å²) < 4.78 is 0. The van der Waals surface area contributed by atoms with E-state index in [-0.39, 0.29) is 18.2 Å². The summed E-state index contributed by atoms with van der Waals surface area (Å²) >= 11 is 1.52. The number of aryl methyl sites for hydroxylation is 2. The van der Waals surface area contributed by atoms with Gasteiger partial charge in [0.05, 0.1) is 5.01 Å². The van der Waals surface area contributed by atoms with E-state index in [1.54, 1.807) is 0 Å². The van der Waals surface area contributed by atoms with Crippen molar-refractivity contribution in [1.82, 2.24) is 10.3 Å². The van der Waals surface area contributed by atoms with Crippen LogP contribution in [-0.2, 0) is 16.0 Å². The molecular weight excluding hydrogens is 264 g/mol. The third-order valence-electron chi connectivity index (χ3n) is 2.57. The molecule has 0 fully saturated rings. The van der Waals surface area contributed by atoms with Crippen molar-refractivity contribution >= 4 is 23.2 Å². The maximum absolute atomic E-state index is 11.7. The highest BCUT2D eigenvalue weighted by molar-refractivity contribution is 7.09. The molecule has 5 nitrogen and oxygen atoms in total. The van der Waals surface area contributed by atoms with Gasteiger partial charge in [0.15, 0.2) is 0 Å². The number of hydrogen-bond acceptors (Lipinski definition) is 4. The SMILES string of the molecule is Cc1csc(CCC(=O)N[C@@H](CC(C)C)C(=O)O)n1. The van der Waals surface area contributed by atoms with Crippen LogP contribution in [0.15, 0.2) is 5.38 Å². The Kier molecular flexibility index (Phi) is 5.95. The van der Waals surface area contributed by atoms with E-state index in [9.17, 15) is 9.59 Å². The molecule has 1 aromatic rings. The first-order chi connectivity index (χ1) is 8.88. The molecule has 1 heterocycles. The number of carbonyl (C=O) groups excluding carboxylic acids is 1. The van der Waals surface area contributed by atoms with Crippen molar-refractivity contribution < 1.29 is 14.7 Å². The van der Waals surface area contributed by atoms with Crippen LogP contribution in [0.25, 0.3) is 0 Å². The number of thiazole rings is 1. The Balaban J connectivity index is 2.42. The van der Waals surface area contributed by atoms with E-state index in [0.29, 0.717) is 12.8 Å². The summed E-state index contributed by atoms with van der Waals surface area (Å²) in [7, 11) is 0. The van der Waals surface area contributed by atoms with Crippen molar-refractivity contribution in [3.63, 3.8) is 0 Å². The van der Waals surface area contributed by atoms with Gasteiger partial charge in [-0.3, -0.25) is 4.79 Å². The van der Waals surface area contributed by atoms with Crippen molar-refractivity contribution in [3.8, 4) is 0 Å². The molecule has 1 atom stereocenters. The lowest BCUT2D eigenvalue weighted by Gasteiger charge is -2.16. The van der Waals surface area contributed by atoms with Crippen molar-refractivity contribution in [1.29, 1.82) is 0 Å². The van der Waals surface area contributed by atoms with Gasteiger partial charge in [-0.1, -0.05) is 13.8 Å². The van der Waals surface area contributed by atoms with E-state index in [4.69, 9.17) is 5.11 Å². The van der Waals surface area contributed by atoms with E-state index >= 15 is 0 Å². The van der Waals surface area contributed by atoms with Gasteiger partial charge in [-0.2, -0.15) is 0 Å². The first-order valence-electron chi connectivity index (χ1n) is 6.31. The first kappa shape index (κ1) is 15.6. The number of hydrogen-bond donors (Lipinski definition) is 2. The van der Waals surface area contributed by atoms with E-state index in [1.165, 1.54) is 11.3 Å². The highest BCUT2D eigenvalue weighted by atomic mass is 32.1. The van der Waals surface area contributed by atoms with Crippen molar-refractivity contribution in [3.05, 3.63) is 16.1 Å². The zero-order valence-electron chi connectivity index (χ0n) is 11.5. The standard InChI is InChI=1S/C13H20N2O3S/c1-8(2)6-10(13(17)18)15-11(16)4-5-12-14-9(3)7-19-12/h7-8,10H,4-6H2,1-3H3,(H,15,16)(H,17,18)/t10-/m0/s1. The van der Waals surface area contributed by atoms with Gasteiger partial charge in [-0.15, -0.1) is 11.3 Å². The van der Waals surface area contributed by atoms with Crippen LogP contribution in [0.1, 0.15) is 37.4 Å². The molecule has 6 heteroatoms. The molecule has 0 saturated carbocycles. The molecule has 0 radical (unpaired) electrons. The van der Waals surface area contributed by atoms with Crippen LogP contribution < -0.4 is 5.32 Å². The van der Waals surface area contributed by atoms with Crippen LogP contribution in [0, 0.1) is 12.8 Å². The van der Waals surface area contributed by atoms with Crippen molar-refractivity contribution in [2.24, 2.45) is 5.92 Å². The summed E-state index contributed by atoms with van der Waals surface area (Å²) in [4.78, 5) is 27.0. The van der Waals surface area contributed by atoms with Gasteiger partial charge >= 0.3 is 5.97 Å². The van der Waals surface area contributed by atoms with Crippen LogP contribution >= 0.6 is 11.3 Å². The molecule has 0 aromatic carbocycles. The molecule has 0 aliphatic rings. The van der Waals surface area contributed by atoms with Gasteiger partial charge in [0.25, 0.3) is 0 Å². The van der Waals surface area contributed by atoms with Crippen LogP contribution in [0.5, 0.6) is 0 Å². The number of aliphatic carboxylic acids is 1. The number of carboxylic acid groups (broad SMARTS) is 1. The van der Waals surface area contributed by atoms with Gasteiger partial charge in [0, 0.05) is 23.9 Å².